The molecule has 0 fully saturated rings. The van der Waals surface area contributed by atoms with E-state index < -0.39 is 0 Å². The van der Waals surface area contributed by atoms with Gasteiger partial charge in [0.05, 0.1) is 15.2 Å². The molecule has 0 aliphatic carbocycles. The number of hydrogen-bond donors (Lipinski definition) is 1. The smallest absolute Gasteiger partial charge is 0.262 e. The Bertz CT molecular complexity index is 832. The van der Waals surface area contributed by atoms with E-state index in [0.717, 1.165) is 20.9 Å². The quantitative estimate of drug-likeness (QED) is 0.776. The van der Waals surface area contributed by atoms with Gasteiger partial charge >= 0.3 is 0 Å². The minimum absolute atomic E-state index is 0.0693. The summed E-state index contributed by atoms with van der Waals surface area (Å²) in [7, 11) is 0. The highest BCUT2D eigenvalue weighted by Crippen LogP contribution is 2.24. The number of aromatic nitrogens is 1. The molecule has 2 aromatic carbocycles. The summed E-state index contributed by atoms with van der Waals surface area (Å²) in [5.74, 6) is 0.344. The zero-order chi connectivity index (χ0) is 15.5. The third-order valence-corrected chi connectivity index (χ3v) is 4.11. The highest BCUT2D eigenvalue weighted by Gasteiger charge is 2.06. The molecule has 0 bridgehead atoms. The summed E-state index contributed by atoms with van der Waals surface area (Å²) in [6.07, 6.45) is 0. The number of hydrogen-bond acceptors (Lipinski definition) is 4. The Morgan fingerprint density at radius 2 is 2.18 bits per heavy atom. The lowest BCUT2D eigenvalue weighted by atomic mass is 10.3. The lowest BCUT2D eigenvalue weighted by molar-refractivity contribution is -0.118. The van der Waals surface area contributed by atoms with Gasteiger partial charge in [0.2, 0.25) is 0 Å². The molecule has 3 rings (SSSR count). The normalized spacial score (nSPS) is 10.6. The Morgan fingerprint density at radius 3 is 3.00 bits per heavy atom. The fourth-order valence-electron chi connectivity index (χ4n) is 2.02. The summed E-state index contributed by atoms with van der Waals surface area (Å²) >= 11 is 7.46. The molecule has 4 nitrogen and oxygen atoms in total. The number of carbonyl (C=O) groups excluding carboxylic acids is 1. The summed E-state index contributed by atoms with van der Waals surface area (Å²) < 4.78 is 6.45. The van der Waals surface area contributed by atoms with Crippen molar-refractivity contribution in [3.8, 4) is 5.75 Å². The second-order valence-corrected chi connectivity index (χ2v) is 6.38. The van der Waals surface area contributed by atoms with Crippen molar-refractivity contribution in [2.45, 2.75) is 6.92 Å². The van der Waals surface area contributed by atoms with Crippen molar-refractivity contribution in [3.63, 3.8) is 0 Å². The summed E-state index contributed by atoms with van der Waals surface area (Å²) in [6, 6.07) is 12.6. The molecule has 0 spiro atoms. The van der Waals surface area contributed by atoms with Crippen LogP contribution in [0.25, 0.3) is 10.2 Å². The number of halogens is 1. The molecular weight excluding hydrogens is 320 g/mol. The van der Waals surface area contributed by atoms with Crippen LogP contribution in [0.5, 0.6) is 5.75 Å². The first kappa shape index (κ1) is 14.8. The van der Waals surface area contributed by atoms with E-state index in [1.807, 2.05) is 25.1 Å². The summed E-state index contributed by atoms with van der Waals surface area (Å²) in [4.78, 5) is 16.3. The number of thiazole rings is 1. The van der Waals surface area contributed by atoms with Crippen molar-refractivity contribution in [2.24, 2.45) is 0 Å². The standard InChI is InChI=1S/C16H13ClN2O2S/c1-10-18-14-6-5-12(8-15(14)22-10)19-16(20)9-21-13-4-2-3-11(17)7-13/h2-8H,9H2,1H3,(H,19,20). The number of carbonyl (C=O) groups is 1. The van der Waals surface area contributed by atoms with Crippen LogP contribution in [0.3, 0.4) is 0 Å². The molecule has 0 radical (unpaired) electrons. The van der Waals surface area contributed by atoms with Crippen molar-refractivity contribution >= 4 is 44.7 Å². The Labute approximate surface area is 136 Å². The predicted molar refractivity (Wildman–Crippen MR) is 89.9 cm³/mol. The average Bonchev–Trinajstić information content (AvgIpc) is 2.84. The van der Waals surface area contributed by atoms with Crippen molar-refractivity contribution in [3.05, 3.63) is 52.5 Å². The minimum atomic E-state index is -0.222. The molecule has 3 aromatic rings. The van der Waals surface area contributed by atoms with Crippen molar-refractivity contribution in [2.75, 3.05) is 11.9 Å². The van der Waals surface area contributed by atoms with Crippen LogP contribution < -0.4 is 10.1 Å². The van der Waals surface area contributed by atoms with E-state index in [2.05, 4.69) is 10.3 Å². The molecule has 1 N–H and O–H groups in total. The monoisotopic (exact) mass is 332 g/mol. The van der Waals surface area contributed by atoms with E-state index in [-0.39, 0.29) is 12.5 Å². The topological polar surface area (TPSA) is 51.2 Å². The molecule has 0 aliphatic rings. The first-order chi connectivity index (χ1) is 10.6. The largest absolute Gasteiger partial charge is 0.484 e. The number of anilines is 1. The molecule has 0 saturated carbocycles. The van der Waals surface area contributed by atoms with Crippen LogP contribution in [0.15, 0.2) is 42.5 Å². The highest BCUT2D eigenvalue weighted by molar-refractivity contribution is 7.18. The first-order valence-corrected chi connectivity index (χ1v) is 7.85. The zero-order valence-corrected chi connectivity index (χ0v) is 13.4. The van der Waals surface area contributed by atoms with Crippen molar-refractivity contribution in [1.82, 2.24) is 4.98 Å². The van der Waals surface area contributed by atoms with E-state index in [1.165, 1.54) is 0 Å². The van der Waals surface area contributed by atoms with Gasteiger partial charge < -0.3 is 10.1 Å². The van der Waals surface area contributed by atoms with Gasteiger partial charge in [-0.1, -0.05) is 17.7 Å². The Morgan fingerprint density at radius 1 is 1.32 bits per heavy atom. The predicted octanol–water partition coefficient (Wildman–Crippen LogP) is 4.28. The second-order valence-electron chi connectivity index (χ2n) is 4.71. The SMILES string of the molecule is Cc1nc2ccc(NC(=O)COc3cccc(Cl)c3)cc2s1. The Balaban J connectivity index is 1.62. The molecule has 1 aromatic heterocycles. The maximum absolute atomic E-state index is 11.9. The third kappa shape index (κ3) is 3.55. The van der Waals surface area contributed by atoms with E-state index in [1.54, 1.807) is 35.6 Å². The van der Waals surface area contributed by atoms with Crippen LogP contribution in [0.2, 0.25) is 5.02 Å². The van der Waals surface area contributed by atoms with E-state index in [4.69, 9.17) is 16.3 Å². The maximum atomic E-state index is 11.9. The van der Waals surface area contributed by atoms with Crippen LogP contribution in [0.4, 0.5) is 5.69 Å². The number of nitrogens with zero attached hydrogens (tertiary/aromatic N) is 1. The second kappa shape index (κ2) is 6.34. The van der Waals surface area contributed by atoms with Crippen LogP contribution in [-0.4, -0.2) is 17.5 Å². The third-order valence-electron chi connectivity index (χ3n) is 2.95. The molecule has 0 aliphatic heterocycles. The van der Waals surface area contributed by atoms with Crippen LogP contribution in [0, 0.1) is 6.92 Å². The highest BCUT2D eigenvalue weighted by atomic mass is 35.5. The number of amides is 1. The Hall–Kier alpha value is -2.11. The van der Waals surface area contributed by atoms with Gasteiger partial charge in [0.15, 0.2) is 6.61 Å². The van der Waals surface area contributed by atoms with Gasteiger partial charge in [0.1, 0.15) is 5.75 Å². The molecule has 1 amide bonds. The average molecular weight is 333 g/mol. The van der Waals surface area contributed by atoms with Crippen LogP contribution >= 0.6 is 22.9 Å². The van der Waals surface area contributed by atoms with Gasteiger partial charge in [-0.3, -0.25) is 4.79 Å². The molecule has 112 valence electrons. The summed E-state index contributed by atoms with van der Waals surface area (Å²) in [6.45, 7) is 1.89. The zero-order valence-electron chi connectivity index (χ0n) is 11.8. The molecule has 22 heavy (non-hydrogen) atoms. The van der Waals surface area contributed by atoms with Gasteiger partial charge in [0.25, 0.3) is 5.91 Å². The number of ether oxygens (including phenoxy) is 1. The van der Waals surface area contributed by atoms with Crippen LogP contribution in [0.1, 0.15) is 5.01 Å². The molecule has 1 heterocycles. The molecule has 6 heteroatoms. The summed E-state index contributed by atoms with van der Waals surface area (Å²) in [5.41, 5.74) is 1.67. The van der Waals surface area contributed by atoms with Gasteiger partial charge in [0, 0.05) is 10.7 Å². The van der Waals surface area contributed by atoms with E-state index in [9.17, 15) is 4.79 Å². The van der Waals surface area contributed by atoms with Crippen molar-refractivity contribution in [1.29, 1.82) is 0 Å². The number of fused-ring (bicyclic) bond motifs is 1. The maximum Gasteiger partial charge on any atom is 0.262 e. The van der Waals surface area contributed by atoms with E-state index in [0.29, 0.717) is 10.8 Å². The molecule has 0 unspecified atom stereocenters. The lowest BCUT2D eigenvalue weighted by Gasteiger charge is -2.07. The first-order valence-electron chi connectivity index (χ1n) is 6.65. The molecular formula is C16H13ClN2O2S. The van der Waals surface area contributed by atoms with Gasteiger partial charge in [-0.05, 0) is 43.3 Å². The Kier molecular flexibility index (Phi) is 4.27. The van der Waals surface area contributed by atoms with Gasteiger partial charge in [-0.15, -0.1) is 11.3 Å². The molecule has 0 saturated heterocycles. The number of aryl methyl sites for hydroxylation is 1. The molecule has 0 atom stereocenters. The lowest BCUT2D eigenvalue weighted by Crippen LogP contribution is -2.20. The van der Waals surface area contributed by atoms with E-state index >= 15 is 0 Å². The number of benzene rings is 2. The number of nitrogens with one attached hydrogen (secondary N) is 1. The summed E-state index contributed by atoms with van der Waals surface area (Å²) in [5, 5.41) is 4.39. The van der Waals surface area contributed by atoms with Gasteiger partial charge in [-0.2, -0.15) is 0 Å². The minimum Gasteiger partial charge on any atom is -0.484 e. The fourth-order valence-corrected chi connectivity index (χ4v) is 3.07. The van der Waals surface area contributed by atoms with Gasteiger partial charge in [-0.25, -0.2) is 4.98 Å². The van der Waals surface area contributed by atoms with Crippen LogP contribution in [-0.2, 0) is 4.79 Å². The number of rotatable bonds is 4. The fraction of sp³-hybridized carbons (Fsp3) is 0.125. The van der Waals surface area contributed by atoms with Crippen molar-refractivity contribution < 1.29 is 9.53 Å².